The lowest BCUT2D eigenvalue weighted by atomic mass is 10.0. The lowest BCUT2D eigenvalue weighted by Gasteiger charge is -2.35. The second-order valence-electron chi connectivity index (χ2n) is 3.10. The number of rotatable bonds is 2. The summed E-state index contributed by atoms with van der Waals surface area (Å²) < 4.78 is 0. The Labute approximate surface area is 61.2 Å². The molecule has 0 spiro atoms. The highest BCUT2D eigenvalue weighted by atomic mass is 16.2. The molecular formula is C7H14N2O. The van der Waals surface area contributed by atoms with E-state index in [1.165, 1.54) is 0 Å². The zero-order chi connectivity index (χ0) is 7.72. The summed E-state index contributed by atoms with van der Waals surface area (Å²) in [5, 5.41) is 5.93. The maximum atomic E-state index is 10.8. The van der Waals surface area contributed by atoms with Gasteiger partial charge in [0.15, 0.2) is 0 Å². The van der Waals surface area contributed by atoms with Crippen molar-refractivity contribution in [2.75, 3.05) is 0 Å². The fraction of sp³-hybridized carbons (Fsp3) is 0.857. The summed E-state index contributed by atoms with van der Waals surface area (Å²) in [6, 6.07) is 0.730. The van der Waals surface area contributed by atoms with Gasteiger partial charge in [-0.3, -0.25) is 4.79 Å². The molecule has 3 heteroatoms. The SMILES string of the molecule is CC(C)N[C@@H]1C(=O)N[C@H]1C. The van der Waals surface area contributed by atoms with Gasteiger partial charge in [0.25, 0.3) is 0 Å². The summed E-state index contributed by atoms with van der Waals surface area (Å²) in [7, 11) is 0. The van der Waals surface area contributed by atoms with E-state index in [4.69, 9.17) is 0 Å². The third-order valence-electron chi connectivity index (χ3n) is 1.67. The van der Waals surface area contributed by atoms with E-state index in [0.717, 1.165) is 0 Å². The maximum Gasteiger partial charge on any atom is 0.239 e. The van der Waals surface area contributed by atoms with E-state index in [1.807, 2.05) is 20.8 Å². The van der Waals surface area contributed by atoms with Gasteiger partial charge in [0.05, 0.1) is 6.04 Å². The summed E-state index contributed by atoms with van der Waals surface area (Å²) >= 11 is 0. The van der Waals surface area contributed by atoms with Gasteiger partial charge in [0.1, 0.15) is 6.04 Å². The first-order chi connectivity index (χ1) is 4.61. The minimum atomic E-state index is 0.0417. The van der Waals surface area contributed by atoms with E-state index in [-0.39, 0.29) is 11.9 Å². The minimum absolute atomic E-state index is 0.0417. The van der Waals surface area contributed by atoms with E-state index >= 15 is 0 Å². The molecule has 0 aromatic carbocycles. The first kappa shape index (κ1) is 7.54. The number of carbonyl (C=O) groups excluding carboxylic acids is 1. The zero-order valence-corrected chi connectivity index (χ0v) is 6.64. The fourth-order valence-electron chi connectivity index (χ4n) is 1.11. The van der Waals surface area contributed by atoms with E-state index in [1.54, 1.807) is 0 Å². The smallest absolute Gasteiger partial charge is 0.239 e. The van der Waals surface area contributed by atoms with Crippen LogP contribution in [0, 0.1) is 0 Å². The average molecular weight is 142 g/mol. The standard InChI is InChI=1S/C7H14N2O/c1-4(2)8-6-5(3)9-7(6)10/h4-6,8H,1-3H3,(H,9,10)/t5-,6-/m0/s1. The molecule has 0 bridgehead atoms. The van der Waals surface area contributed by atoms with E-state index in [2.05, 4.69) is 10.6 Å². The zero-order valence-electron chi connectivity index (χ0n) is 6.64. The quantitative estimate of drug-likeness (QED) is 0.527. The molecule has 0 aromatic rings. The maximum absolute atomic E-state index is 10.8. The van der Waals surface area contributed by atoms with Gasteiger partial charge in [-0.05, 0) is 6.92 Å². The largest absolute Gasteiger partial charge is 0.350 e. The predicted octanol–water partition coefficient (Wildman–Crippen LogP) is -0.129. The molecule has 58 valence electrons. The van der Waals surface area contributed by atoms with Crippen LogP contribution in [-0.4, -0.2) is 24.0 Å². The molecule has 1 aliphatic rings. The van der Waals surface area contributed by atoms with Gasteiger partial charge < -0.3 is 10.6 Å². The van der Waals surface area contributed by atoms with Crippen LogP contribution in [0.2, 0.25) is 0 Å². The first-order valence-corrected chi connectivity index (χ1v) is 3.67. The summed E-state index contributed by atoms with van der Waals surface area (Å²) in [4.78, 5) is 10.8. The Bertz CT molecular complexity index is 145. The third kappa shape index (κ3) is 1.29. The molecule has 1 fully saturated rings. The van der Waals surface area contributed by atoms with Crippen LogP contribution in [0.4, 0.5) is 0 Å². The summed E-state index contributed by atoms with van der Waals surface area (Å²) in [6.45, 7) is 6.08. The Morgan fingerprint density at radius 1 is 1.60 bits per heavy atom. The predicted molar refractivity (Wildman–Crippen MR) is 39.7 cm³/mol. The molecule has 3 nitrogen and oxygen atoms in total. The molecule has 0 aliphatic carbocycles. The molecular weight excluding hydrogens is 128 g/mol. The molecule has 1 heterocycles. The highest BCUT2D eigenvalue weighted by Gasteiger charge is 2.35. The normalized spacial score (nSPS) is 31.8. The number of nitrogens with one attached hydrogen (secondary N) is 2. The van der Waals surface area contributed by atoms with Gasteiger partial charge in [0, 0.05) is 6.04 Å². The van der Waals surface area contributed by atoms with Crippen LogP contribution in [0.15, 0.2) is 0 Å². The summed E-state index contributed by atoms with van der Waals surface area (Å²) in [6.07, 6.45) is 0. The Hall–Kier alpha value is -0.570. The highest BCUT2D eigenvalue weighted by Crippen LogP contribution is 2.05. The number of hydrogen-bond acceptors (Lipinski definition) is 2. The van der Waals surface area contributed by atoms with Crippen molar-refractivity contribution in [3.8, 4) is 0 Å². The van der Waals surface area contributed by atoms with Crippen molar-refractivity contribution >= 4 is 5.91 Å². The first-order valence-electron chi connectivity index (χ1n) is 3.67. The molecule has 1 rings (SSSR count). The summed E-state index contributed by atoms with van der Waals surface area (Å²) in [5.74, 6) is 0.126. The van der Waals surface area contributed by atoms with Crippen molar-refractivity contribution in [1.82, 2.24) is 10.6 Å². The van der Waals surface area contributed by atoms with Crippen molar-refractivity contribution in [3.05, 3.63) is 0 Å². The van der Waals surface area contributed by atoms with Crippen molar-refractivity contribution in [3.63, 3.8) is 0 Å². The third-order valence-corrected chi connectivity index (χ3v) is 1.67. The van der Waals surface area contributed by atoms with Crippen LogP contribution in [0.3, 0.4) is 0 Å². The van der Waals surface area contributed by atoms with Crippen molar-refractivity contribution in [2.45, 2.75) is 38.9 Å². The molecule has 2 N–H and O–H groups in total. The molecule has 0 unspecified atom stereocenters. The topological polar surface area (TPSA) is 41.1 Å². The van der Waals surface area contributed by atoms with Gasteiger partial charge in [-0.2, -0.15) is 0 Å². The van der Waals surface area contributed by atoms with Crippen LogP contribution in [-0.2, 0) is 4.79 Å². The van der Waals surface area contributed by atoms with E-state index in [0.29, 0.717) is 12.1 Å². The Morgan fingerprint density at radius 3 is 2.40 bits per heavy atom. The highest BCUT2D eigenvalue weighted by molar-refractivity contribution is 5.89. The molecule has 1 aliphatic heterocycles. The lowest BCUT2D eigenvalue weighted by Crippen LogP contribution is -2.67. The second kappa shape index (κ2) is 2.58. The van der Waals surface area contributed by atoms with Crippen LogP contribution < -0.4 is 10.6 Å². The monoisotopic (exact) mass is 142 g/mol. The van der Waals surface area contributed by atoms with Gasteiger partial charge in [-0.25, -0.2) is 0 Å². The number of carbonyl (C=O) groups is 1. The fourth-order valence-corrected chi connectivity index (χ4v) is 1.11. The summed E-state index contributed by atoms with van der Waals surface area (Å²) in [5.41, 5.74) is 0. The molecule has 1 saturated heterocycles. The minimum Gasteiger partial charge on any atom is -0.350 e. The lowest BCUT2D eigenvalue weighted by molar-refractivity contribution is -0.131. The van der Waals surface area contributed by atoms with Gasteiger partial charge in [-0.1, -0.05) is 13.8 Å². The average Bonchev–Trinajstić information content (AvgIpc) is 1.84. The van der Waals surface area contributed by atoms with Crippen molar-refractivity contribution in [2.24, 2.45) is 0 Å². The number of β-lactam (4-membered cyclic amide) rings is 1. The van der Waals surface area contributed by atoms with Crippen LogP contribution in [0.5, 0.6) is 0 Å². The van der Waals surface area contributed by atoms with E-state index in [9.17, 15) is 4.79 Å². The van der Waals surface area contributed by atoms with Crippen LogP contribution in [0.25, 0.3) is 0 Å². The van der Waals surface area contributed by atoms with Gasteiger partial charge in [-0.15, -0.1) is 0 Å². The Morgan fingerprint density at radius 2 is 2.20 bits per heavy atom. The number of hydrogen-bond donors (Lipinski definition) is 2. The Balaban J connectivity index is 2.33. The second-order valence-corrected chi connectivity index (χ2v) is 3.10. The Kier molecular flexibility index (Phi) is 1.94. The van der Waals surface area contributed by atoms with E-state index < -0.39 is 0 Å². The molecule has 2 atom stereocenters. The molecule has 0 aromatic heterocycles. The molecule has 0 saturated carbocycles. The van der Waals surface area contributed by atoms with Crippen molar-refractivity contribution < 1.29 is 4.79 Å². The van der Waals surface area contributed by atoms with Crippen LogP contribution in [0.1, 0.15) is 20.8 Å². The van der Waals surface area contributed by atoms with Gasteiger partial charge >= 0.3 is 0 Å². The number of amides is 1. The van der Waals surface area contributed by atoms with Crippen LogP contribution >= 0.6 is 0 Å². The molecule has 1 amide bonds. The van der Waals surface area contributed by atoms with Gasteiger partial charge in [0.2, 0.25) is 5.91 Å². The van der Waals surface area contributed by atoms with Crippen molar-refractivity contribution in [1.29, 1.82) is 0 Å². The molecule has 0 radical (unpaired) electrons. The molecule has 10 heavy (non-hydrogen) atoms.